The van der Waals surface area contributed by atoms with Crippen LogP contribution >= 0.6 is 0 Å². The molecule has 0 aliphatic carbocycles. The Morgan fingerprint density at radius 2 is 1.73 bits per heavy atom. The molecule has 2 saturated heterocycles. The quantitative estimate of drug-likeness (QED) is 0.720. The normalized spacial score (nSPS) is 23.3. The second kappa shape index (κ2) is 8.35. The van der Waals surface area contributed by atoms with Gasteiger partial charge in [0.05, 0.1) is 30.3 Å². The van der Waals surface area contributed by atoms with Crippen molar-refractivity contribution in [1.29, 1.82) is 5.26 Å². The number of sulfonamides is 1. The fourth-order valence-corrected chi connectivity index (χ4v) is 5.18. The van der Waals surface area contributed by atoms with Gasteiger partial charge in [-0.25, -0.2) is 8.42 Å². The summed E-state index contributed by atoms with van der Waals surface area (Å²) in [6.45, 7) is 6.62. The number of nitrogens with zero attached hydrogens (tertiary/aromatic N) is 4. The van der Waals surface area contributed by atoms with Crippen LogP contribution in [0, 0.1) is 11.3 Å². The number of benzene rings is 1. The number of ether oxygens (including phenoxy) is 2. The zero-order chi connectivity index (χ0) is 21.3. The van der Waals surface area contributed by atoms with Gasteiger partial charge in [-0.15, -0.1) is 0 Å². The third-order valence-corrected chi connectivity index (χ3v) is 7.04. The maximum Gasteiger partial charge on any atom is 0.243 e. The average molecular weight is 433 g/mol. The molecule has 2 fully saturated rings. The molecule has 9 nitrogen and oxygen atoms in total. The van der Waals surface area contributed by atoms with E-state index in [-0.39, 0.29) is 28.7 Å². The number of anilines is 1. The average Bonchev–Trinajstić information content (AvgIpc) is 3.18. The van der Waals surface area contributed by atoms with Crippen LogP contribution in [0.1, 0.15) is 19.5 Å². The molecule has 1 aromatic carbocycles. The summed E-state index contributed by atoms with van der Waals surface area (Å²) in [6.07, 6.45) is 0.0250. The largest absolute Gasteiger partial charge is 0.419 e. The van der Waals surface area contributed by atoms with Gasteiger partial charge < -0.3 is 18.8 Å². The Kier molecular flexibility index (Phi) is 5.79. The van der Waals surface area contributed by atoms with Crippen molar-refractivity contribution in [3.8, 4) is 17.5 Å². The monoisotopic (exact) mass is 432 g/mol. The smallest absolute Gasteiger partial charge is 0.243 e. The van der Waals surface area contributed by atoms with Gasteiger partial charge in [0.15, 0.2) is 0 Å². The maximum absolute atomic E-state index is 12.8. The highest BCUT2D eigenvalue weighted by Crippen LogP contribution is 2.31. The number of nitriles is 1. The first-order valence-corrected chi connectivity index (χ1v) is 11.3. The summed E-state index contributed by atoms with van der Waals surface area (Å²) in [5.74, 6) is 0.697. The molecule has 2 aliphatic rings. The minimum atomic E-state index is -3.57. The molecule has 2 unspecified atom stereocenters. The molecular formula is C20H24N4O5S. The van der Waals surface area contributed by atoms with E-state index < -0.39 is 10.0 Å². The number of hydrogen-bond acceptors (Lipinski definition) is 8. The Morgan fingerprint density at radius 1 is 1.10 bits per heavy atom. The summed E-state index contributed by atoms with van der Waals surface area (Å²) in [5.41, 5.74) is 0.810. The number of rotatable bonds is 4. The van der Waals surface area contributed by atoms with Crippen LogP contribution in [-0.2, 0) is 19.5 Å². The standard InChI is InChI=1S/C20H24N4O5S/c1-14-12-23(13-15(2)28-14)20-18(11-21)22-19(29-20)16-3-5-17(6-4-16)30(25,26)24-7-9-27-10-8-24/h3-6,14-15H,7-10,12-13H2,1-2H3. The van der Waals surface area contributed by atoms with E-state index in [1.54, 1.807) is 12.1 Å². The van der Waals surface area contributed by atoms with E-state index in [0.29, 0.717) is 50.8 Å². The van der Waals surface area contributed by atoms with Crippen LogP contribution < -0.4 is 4.90 Å². The van der Waals surface area contributed by atoms with Crippen LogP contribution in [0.15, 0.2) is 33.6 Å². The van der Waals surface area contributed by atoms with Crippen molar-refractivity contribution in [2.75, 3.05) is 44.3 Å². The first-order chi connectivity index (χ1) is 14.4. The van der Waals surface area contributed by atoms with Gasteiger partial charge in [-0.3, -0.25) is 0 Å². The van der Waals surface area contributed by atoms with E-state index in [2.05, 4.69) is 11.1 Å². The topological polar surface area (TPSA) is 109 Å². The summed E-state index contributed by atoms with van der Waals surface area (Å²) in [4.78, 5) is 6.49. The molecule has 2 aliphatic heterocycles. The Balaban J connectivity index is 1.59. The molecule has 160 valence electrons. The van der Waals surface area contributed by atoms with Crippen LogP contribution in [-0.4, -0.2) is 69.3 Å². The minimum Gasteiger partial charge on any atom is -0.419 e. The lowest BCUT2D eigenvalue weighted by Crippen LogP contribution is -2.45. The zero-order valence-corrected chi connectivity index (χ0v) is 17.8. The number of morpholine rings is 2. The molecule has 0 N–H and O–H groups in total. The van der Waals surface area contributed by atoms with Gasteiger partial charge in [-0.2, -0.15) is 14.6 Å². The zero-order valence-electron chi connectivity index (χ0n) is 16.9. The van der Waals surface area contributed by atoms with Gasteiger partial charge in [0, 0.05) is 31.7 Å². The first-order valence-electron chi connectivity index (χ1n) is 9.88. The highest BCUT2D eigenvalue weighted by atomic mass is 32.2. The van der Waals surface area contributed by atoms with Crippen LogP contribution in [0.25, 0.3) is 11.5 Å². The Hall–Kier alpha value is -2.45. The van der Waals surface area contributed by atoms with Crippen molar-refractivity contribution in [3.63, 3.8) is 0 Å². The summed E-state index contributed by atoms with van der Waals surface area (Å²) in [5, 5.41) is 9.51. The number of hydrogen-bond donors (Lipinski definition) is 0. The Labute approximate surface area is 175 Å². The molecule has 2 aromatic rings. The molecular weight excluding hydrogens is 408 g/mol. The van der Waals surface area contributed by atoms with Crippen molar-refractivity contribution in [3.05, 3.63) is 30.0 Å². The molecule has 2 atom stereocenters. The molecule has 0 radical (unpaired) electrons. The fraction of sp³-hybridized carbons (Fsp3) is 0.500. The number of aromatic nitrogens is 1. The van der Waals surface area contributed by atoms with E-state index in [1.807, 2.05) is 18.7 Å². The predicted octanol–water partition coefficient (Wildman–Crippen LogP) is 1.85. The van der Waals surface area contributed by atoms with Gasteiger partial charge in [-0.05, 0) is 38.1 Å². The van der Waals surface area contributed by atoms with E-state index in [9.17, 15) is 13.7 Å². The fourth-order valence-electron chi connectivity index (χ4n) is 3.77. The van der Waals surface area contributed by atoms with Crippen LogP contribution in [0.5, 0.6) is 0 Å². The molecule has 0 amide bonds. The van der Waals surface area contributed by atoms with Gasteiger partial charge in [0.2, 0.25) is 27.5 Å². The SMILES string of the molecule is CC1CN(c2oc(-c3ccc(S(=O)(=O)N4CCOCC4)cc3)nc2C#N)CC(C)O1. The van der Waals surface area contributed by atoms with E-state index in [4.69, 9.17) is 13.9 Å². The predicted molar refractivity (Wildman–Crippen MR) is 108 cm³/mol. The lowest BCUT2D eigenvalue weighted by atomic mass is 10.2. The third-order valence-electron chi connectivity index (χ3n) is 5.13. The highest BCUT2D eigenvalue weighted by Gasteiger charge is 2.29. The maximum atomic E-state index is 12.8. The van der Waals surface area contributed by atoms with Crippen molar-refractivity contribution < 1.29 is 22.3 Å². The van der Waals surface area contributed by atoms with E-state index >= 15 is 0 Å². The van der Waals surface area contributed by atoms with Gasteiger partial charge in [-0.1, -0.05) is 0 Å². The van der Waals surface area contributed by atoms with Crippen LogP contribution in [0.2, 0.25) is 0 Å². The van der Waals surface area contributed by atoms with Crippen LogP contribution in [0.4, 0.5) is 5.88 Å². The first kappa shape index (κ1) is 20.8. The van der Waals surface area contributed by atoms with Crippen molar-refractivity contribution in [1.82, 2.24) is 9.29 Å². The minimum absolute atomic E-state index is 0.0125. The van der Waals surface area contributed by atoms with E-state index in [1.165, 1.54) is 16.4 Å². The molecule has 3 heterocycles. The van der Waals surface area contributed by atoms with Crippen molar-refractivity contribution >= 4 is 15.9 Å². The van der Waals surface area contributed by atoms with E-state index in [0.717, 1.165) is 0 Å². The molecule has 10 heteroatoms. The Morgan fingerprint density at radius 3 is 2.33 bits per heavy atom. The summed E-state index contributed by atoms with van der Waals surface area (Å²) in [6, 6.07) is 8.46. The lowest BCUT2D eigenvalue weighted by molar-refractivity contribution is -0.00638. The van der Waals surface area contributed by atoms with Gasteiger partial charge in [0.25, 0.3) is 0 Å². The number of oxazole rings is 1. The second-order valence-electron chi connectivity index (χ2n) is 7.49. The second-order valence-corrected chi connectivity index (χ2v) is 9.43. The van der Waals surface area contributed by atoms with Gasteiger partial charge in [0.1, 0.15) is 6.07 Å². The summed E-state index contributed by atoms with van der Waals surface area (Å²) >= 11 is 0. The summed E-state index contributed by atoms with van der Waals surface area (Å²) in [7, 11) is -3.57. The lowest BCUT2D eigenvalue weighted by Gasteiger charge is -2.34. The van der Waals surface area contributed by atoms with Crippen molar-refractivity contribution in [2.24, 2.45) is 0 Å². The molecule has 0 spiro atoms. The third kappa shape index (κ3) is 4.06. The van der Waals surface area contributed by atoms with Gasteiger partial charge >= 0.3 is 0 Å². The van der Waals surface area contributed by atoms with Crippen LogP contribution in [0.3, 0.4) is 0 Å². The summed E-state index contributed by atoms with van der Waals surface area (Å²) < 4.78 is 43.9. The van der Waals surface area contributed by atoms with Crippen molar-refractivity contribution in [2.45, 2.75) is 31.0 Å². The molecule has 0 bridgehead atoms. The molecule has 1 aromatic heterocycles. The molecule has 4 rings (SSSR count). The molecule has 0 saturated carbocycles. The Bertz CT molecular complexity index is 1030. The highest BCUT2D eigenvalue weighted by molar-refractivity contribution is 7.89. The molecule has 30 heavy (non-hydrogen) atoms.